The van der Waals surface area contributed by atoms with Crippen molar-refractivity contribution in [2.45, 2.75) is 0 Å². The Kier molecular flexibility index (Phi) is 4.75. The van der Waals surface area contributed by atoms with E-state index in [1.165, 1.54) is 13.2 Å². The molecule has 0 bridgehead atoms. The first-order valence-corrected chi connectivity index (χ1v) is 11.7. The Morgan fingerprint density at radius 3 is 1.26 bits per heavy atom. The van der Waals surface area contributed by atoms with Gasteiger partial charge in [-0.15, -0.1) is 0 Å². The number of carbonyl (C=O) groups is 1. The zero-order valence-corrected chi connectivity index (χ0v) is 14.7. The SMILES string of the molecule is O=CC#[C][Ge]([c]1ccccc1)([c]1ccccc1)[c]1ccccc1. The Bertz CT molecular complexity index is 734. The van der Waals surface area contributed by atoms with Crippen molar-refractivity contribution in [3.8, 4) is 10.7 Å². The van der Waals surface area contributed by atoms with Crippen molar-refractivity contribution in [3.05, 3.63) is 91.0 Å². The summed E-state index contributed by atoms with van der Waals surface area (Å²) in [6, 6.07) is 31.1. The summed E-state index contributed by atoms with van der Waals surface area (Å²) in [6.07, 6.45) is 0.703. The zero-order chi connectivity index (χ0) is 16.0. The predicted octanol–water partition coefficient (Wildman–Crippen LogP) is 1.90. The van der Waals surface area contributed by atoms with Crippen LogP contribution in [0.5, 0.6) is 0 Å². The number of benzene rings is 3. The molecule has 0 atom stereocenters. The molecule has 3 aromatic carbocycles. The average Bonchev–Trinajstić information content (AvgIpc) is 2.65. The standard InChI is InChI=1S/C21H16GeO/c23-18-10-17-22(19-11-4-1-5-12-19,20-13-6-2-7-14-20)21-15-8-3-9-16-21/h1-9,11-16,18H. The molecule has 0 N–H and O–H groups in total. The van der Waals surface area contributed by atoms with Crippen LogP contribution in [0.25, 0.3) is 0 Å². The van der Waals surface area contributed by atoms with Crippen molar-refractivity contribution in [1.82, 2.24) is 0 Å². The van der Waals surface area contributed by atoms with Crippen LogP contribution in [-0.2, 0) is 4.79 Å². The van der Waals surface area contributed by atoms with E-state index in [1.807, 2.05) is 54.6 Å². The van der Waals surface area contributed by atoms with Crippen LogP contribution >= 0.6 is 0 Å². The van der Waals surface area contributed by atoms with Crippen molar-refractivity contribution in [2.75, 3.05) is 0 Å². The maximum atomic E-state index is 11.0. The second kappa shape index (κ2) is 7.13. The van der Waals surface area contributed by atoms with Crippen LogP contribution in [0, 0.1) is 10.7 Å². The van der Waals surface area contributed by atoms with Crippen LogP contribution in [-0.4, -0.2) is 19.6 Å². The first kappa shape index (κ1) is 15.3. The first-order chi connectivity index (χ1) is 11.4. The van der Waals surface area contributed by atoms with Gasteiger partial charge < -0.3 is 0 Å². The van der Waals surface area contributed by atoms with E-state index >= 15 is 0 Å². The van der Waals surface area contributed by atoms with Gasteiger partial charge >= 0.3 is 139 Å². The van der Waals surface area contributed by atoms with E-state index < -0.39 is 13.3 Å². The number of rotatable bonds is 3. The van der Waals surface area contributed by atoms with Crippen molar-refractivity contribution >= 4 is 32.7 Å². The summed E-state index contributed by atoms with van der Waals surface area (Å²) in [4.78, 5) is 11.0. The Morgan fingerprint density at radius 1 is 0.609 bits per heavy atom. The fourth-order valence-electron chi connectivity index (χ4n) is 2.92. The summed E-state index contributed by atoms with van der Waals surface area (Å²) in [6.45, 7) is 0. The monoisotopic (exact) mass is 358 g/mol. The third kappa shape index (κ3) is 2.99. The molecule has 0 aliphatic rings. The van der Waals surface area contributed by atoms with E-state index in [0.29, 0.717) is 6.29 Å². The Morgan fingerprint density at radius 2 is 0.957 bits per heavy atom. The number of hydrogen-bond donors (Lipinski definition) is 0. The van der Waals surface area contributed by atoms with Gasteiger partial charge in [-0.2, -0.15) is 0 Å². The molecule has 0 saturated heterocycles. The van der Waals surface area contributed by atoms with Gasteiger partial charge in [0.1, 0.15) is 0 Å². The second-order valence-electron chi connectivity index (χ2n) is 5.24. The molecule has 0 aliphatic carbocycles. The van der Waals surface area contributed by atoms with E-state index in [-0.39, 0.29) is 0 Å². The van der Waals surface area contributed by atoms with Gasteiger partial charge in [0, 0.05) is 0 Å². The Balaban J connectivity index is 2.37. The Hall–Kier alpha value is -2.57. The molecule has 3 rings (SSSR count). The molecule has 0 aliphatic heterocycles. The van der Waals surface area contributed by atoms with E-state index in [2.05, 4.69) is 47.1 Å². The van der Waals surface area contributed by atoms with Gasteiger partial charge in [-0.1, -0.05) is 0 Å². The molecule has 23 heavy (non-hydrogen) atoms. The second-order valence-corrected chi connectivity index (χ2v) is 12.5. The quantitative estimate of drug-likeness (QED) is 0.398. The minimum absolute atomic E-state index is 0.703. The van der Waals surface area contributed by atoms with E-state index in [9.17, 15) is 4.79 Å². The summed E-state index contributed by atoms with van der Waals surface area (Å²) in [7, 11) is 0. The van der Waals surface area contributed by atoms with E-state index in [1.54, 1.807) is 0 Å². The topological polar surface area (TPSA) is 17.1 Å². The van der Waals surface area contributed by atoms with Crippen molar-refractivity contribution in [3.63, 3.8) is 0 Å². The van der Waals surface area contributed by atoms with Crippen molar-refractivity contribution < 1.29 is 4.79 Å². The molecule has 3 aromatic rings. The van der Waals surface area contributed by atoms with Crippen LogP contribution in [0.2, 0.25) is 0 Å². The van der Waals surface area contributed by atoms with Crippen LogP contribution in [0.4, 0.5) is 0 Å². The maximum absolute atomic E-state index is 11.0. The molecule has 2 heteroatoms. The summed E-state index contributed by atoms with van der Waals surface area (Å²) < 4.78 is 7.11. The van der Waals surface area contributed by atoms with E-state index in [4.69, 9.17) is 0 Å². The normalized spacial score (nSPS) is 10.4. The third-order valence-electron chi connectivity index (χ3n) is 3.94. The number of hydrogen-bond acceptors (Lipinski definition) is 1. The number of carbonyl (C=O) groups excluding carboxylic acids is 1. The molecule has 0 spiro atoms. The Labute approximate surface area is 139 Å². The first-order valence-electron chi connectivity index (χ1n) is 7.51. The van der Waals surface area contributed by atoms with Gasteiger partial charge in [-0.25, -0.2) is 0 Å². The van der Waals surface area contributed by atoms with Crippen LogP contribution in [0.1, 0.15) is 0 Å². The molecule has 0 saturated carbocycles. The van der Waals surface area contributed by atoms with Crippen LogP contribution in [0.3, 0.4) is 0 Å². The molecule has 1 nitrogen and oxygen atoms in total. The number of aldehydes is 1. The van der Waals surface area contributed by atoms with Gasteiger partial charge in [0.25, 0.3) is 0 Å². The third-order valence-corrected chi connectivity index (χ3v) is 12.6. The van der Waals surface area contributed by atoms with Crippen molar-refractivity contribution in [1.29, 1.82) is 0 Å². The summed E-state index contributed by atoms with van der Waals surface area (Å²) in [5, 5.41) is 0. The molecular weight excluding hydrogens is 341 g/mol. The fraction of sp³-hybridized carbons (Fsp3) is 0. The molecule has 0 heterocycles. The summed E-state index contributed by atoms with van der Waals surface area (Å²) in [5.41, 5.74) is 0. The van der Waals surface area contributed by atoms with Gasteiger partial charge in [-0.3, -0.25) is 0 Å². The average molecular weight is 357 g/mol. The molecule has 0 radical (unpaired) electrons. The van der Waals surface area contributed by atoms with Crippen molar-refractivity contribution in [2.24, 2.45) is 0 Å². The minimum atomic E-state index is -3.19. The van der Waals surface area contributed by atoms with Gasteiger partial charge in [-0.05, 0) is 0 Å². The van der Waals surface area contributed by atoms with Gasteiger partial charge in [0.15, 0.2) is 0 Å². The molecular formula is C21H16GeO. The molecule has 0 fully saturated rings. The predicted molar refractivity (Wildman–Crippen MR) is 97.8 cm³/mol. The molecule has 0 unspecified atom stereocenters. The van der Waals surface area contributed by atoms with Crippen LogP contribution in [0.15, 0.2) is 91.0 Å². The fourth-order valence-corrected chi connectivity index (χ4v) is 10.9. The van der Waals surface area contributed by atoms with Crippen LogP contribution < -0.4 is 13.2 Å². The van der Waals surface area contributed by atoms with Gasteiger partial charge in [0.05, 0.1) is 0 Å². The van der Waals surface area contributed by atoms with E-state index in [0.717, 1.165) is 0 Å². The molecule has 0 aromatic heterocycles. The zero-order valence-electron chi connectivity index (χ0n) is 12.6. The summed E-state index contributed by atoms with van der Waals surface area (Å²) >= 11 is -3.19. The summed E-state index contributed by atoms with van der Waals surface area (Å²) in [5.74, 6) is 2.74. The molecule has 0 amide bonds. The molecule has 110 valence electrons. The van der Waals surface area contributed by atoms with Gasteiger partial charge in [0.2, 0.25) is 0 Å².